The predicted octanol–water partition coefficient (Wildman–Crippen LogP) is 5.13. The van der Waals surface area contributed by atoms with E-state index in [2.05, 4.69) is 48.2 Å². The van der Waals surface area contributed by atoms with E-state index in [-0.39, 0.29) is 5.91 Å². The van der Waals surface area contributed by atoms with Gasteiger partial charge in [0.05, 0.1) is 5.56 Å². The Morgan fingerprint density at radius 1 is 1.11 bits per heavy atom. The van der Waals surface area contributed by atoms with Gasteiger partial charge in [-0.1, -0.05) is 28.1 Å². The molecule has 1 N–H and O–H groups in total. The summed E-state index contributed by atoms with van der Waals surface area (Å²) in [5.41, 5.74) is 1.82. The van der Waals surface area contributed by atoms with Gasteiger partial charge in [-0.25, -0.2) is 9.97 Å². The Labute approximate surface area is 177 Å². The average Bonchev–Trinajstić information content (AvgIpc) is 3.17. The number of carbonyl (C=O) groups excluding carboxylic acids is 1. The maximum atomic E-state index is 12.9. The van der Waals surface area contributed by atoms with E-state index in [9.17, 15) is 4.79 Å². The zero-order valence-corrected chi connectivity index (χ0v) is 17.8. The summed E-state index contributed by atoms with van der Waals surface area (Å²) < 4.78 is 1.06. The highest BCUT2D eigenvalue weighted by Crippen LogP contribution is 2.25. The lowest BCUT2D eigenvalue weighted by Gasteiger charge is -2.28. The molecule has 0 aliphatic carbocycles. The number of thiazole rings is 1. The Balaban J connectivity index is 1.46. The van der Waals surface area contributed by atoms with Crippen LogP contribution in [0.1, 0.15) is 40.1 Å². The predicted molar refractivity (Wildman–Crippen MR) is 117 cm³/mol. The Kier molecular flexibility index (Phi) is 6.02. The molecule has 0 radical (unpaired) electrons. The molecule has 1 saturated heterocycles. The molecule has 2 aromatic heterocycles. The molecule has 1 aromatic carbocycles. The maximum absolute atomic E-state index is 12.9. The van der Waals surface area contributed by atoms with Crippen molar-refractivity contribution < 1.29 is 4.79 Å². The second-order valence-corrected chi connectivity index (χ2v) is 8.84. The fraction of sp³-hybridized carbons (Fsp3) is 0.286. The highest BCUT2D eigenvalue weighted by molar-refractivity contribution is 9.10. The van der Waals surface area contributed by atoms with Crippen LogP contribution in [-0.2, 0) is 6.42 Å². The van der Waals surface area contributed by atoms with E-state index in [1.54, 1.807) is 6.20 Å². The third kappa shape index (κ3) is 4.59. The number of rotatable bonds is 5. The smallest absolute Gasteiger partial charge is 0.261 e. The molecule has 1 aliphatic rings. The van der Waals surface area contributed by atoms with Crippen molar-refractivity contribution in [2.75, 3.05) is 23.3 Å². The van der Waals surface area contributed by atoms with Crippen molar-refractivity contribution in [3.63, 3.8) is 0 Å². The number of nitrogens with zero attached hydrogens (tertiary/aromatic N) is 3. The summed E-state index contributed by atoms with van der Waals surface area (Å²) in [6, 6.07) is 11.9. The fourth-order valence-corrected chi connectivity index (χ4v) is 4.45. The number of halogens is 1. The summed E-state index contributed by atoms with van der Waals surface area (Å²) in [5, 5.41) is 3.56. The second-order valence-electron chi connectivity index (χ2n) is 6.81. The first-order valence-corrected chi connectivity index (χ1v) is 11.0. The van der Waals surface area contributed by atoms with E-state index in [1.165, 1.54) is 23.3 Å². The van der Waals surface area contributed by atoms with E-state index in [4.69, 9.17) is 0 Å². The highest BCUT2D eigenvalue weighted by Gasteiger charge is 2.20. The molecule has 7 heteroatoms. The number of aromatic nitrogens is 2. The van der Waals surface area contributed by atoms with Crippen molar-refractivity contribution in [1.82, 2.24) is 9.97 Å². The van der Waals surface area contributed by atoms with Crippen molar-refractivity contribution in [2.24, 2.45) is 0 Å². The van der Waals surface area contributed by atoms with Crippen LogP contribution in [0.4, 0.5) is 10.9 Å². The minimum atomic E-state index is -0.154. The van der Waals surface area contributed by atoms with Crippen LogP contribution < -0.4 is 10.2 Å². The zero-order valence-electron chi connectivity index (χ0n) is 15.4. The molecule has 1 aliphatic heterocycles. The Hall–Kier alpha value is -2.25. The number of benzene rings is 1. The average molecular weight is 457 g/mol. The monoisotopic (exact) mass is 456 g/mol. The number of carbonyl (C=O) groups is 1. The summed E-state index contributed by atoms with van der Waals surface area (Å²) in [5.74, 6) is 0.615. The van der Waals surface area contributed by atoms with Gasteiger partial charge in [0.15, 0.2) is 5.13 Å². The van der Waals surface area contributed by atoms with Gasteiger partial charge < -0.3 is 4.90 Å². The summed E-state index contributed by atoms with van der Waals surface area (Å²) >= 11 is 4.96. The standard InChI is InChI=1S/C21H21BrN4OS/c22-16-8-6-15(7-9-16)13-17-14-24-21(28-17)25-20(27)18-5-4-10-23-19(18)26-11-2-1-3-12-26/h4-10,14H,1-3,11-13H2,(H,24,25,27). The molecule has 0 saturated carbocycles. The molecular formula is C21H21BrN4OS. The molecule has 144 valence electrons. The van der Waals surface area contributed by atoms with E-state index < -0.39 is 0 Å². The van der Waals surface area contributed by atoms with Crippen LogP contribution >= 0.6 is 27.3 Å². The van der Waals surface area contributed by atoms with Crippen LogP contribution in [0.2, 0.25) is 0 Å². The number of nitrogens with one attached hydrogen (secondary N) is 1. The fourth-order valence-electron chi connectivity index (χ4n) is 3.35. The van der Waals surface area contributed by atoms with Crippen LogP contribution in [0.3, 0.4) is 0 Å². The molecule has 0 atom stereocenters. The van der Waals surface area contributed by atoms with Gasteiger partial charge in [-0.05, 0) is 49.1 Å². The van der Waals surface area contributed by atoms with Gasteiger partial charge in [-0.2, -0.15) is 0 Å². The molecule has 5 nitrogen and oxygen atoms in total. The van der Waals surface area contributed by atoms with Crippen molar-refractivity contribution in [3.05, 3.63) is 69.3 Å². The van der Waals surface area contributed by atoms with Gasteiger partial charge in [-0.15, -0.1) is 11.3 Å². The van der Waals surface area contributed by atoms with Crippen molar-refractivity contribution in [3.8, 4) is 0 Å². The lowest BCUT2D eigenvalue weighted by molar-refractivity contribution is 0.102. The maximum Gasteiger partial charge on any atom is 0.261 e. The van der Waals surface area contributed by atoms with E-state index in [0.29, 0.717) is 10.7 Å². The van der Waals surface area contributed by atoms with Crippen LogP contribution in [-0.4, -0.2) is 29.0 Å². The third-order valence-electron chi connectivity index (χ3n) is 4.75. The molecule has 1 fully saturated rings. The van der Waals surface area contributed by atoms with Gasteiger partial charge >= 0.3 is 0 Å². The first-order chi connectivity index (χ1) is 13.7. The molecule has 3 aromatic rings. The van der Waals surface area contributed by atoms with E-state index >= 15 is 0 Å². The number of amides is 1. The van der Waals surface area contributed by atoms with Gasteiger partial charge in [-0.3, -0.25) is 10.1 Å². The molecule has 28 heavy (non-hydrogen) atoms. The minimum Gasteiger partial charge on any atom is -0.356 e. The summed E-state index contributed by atoms with van der Waals surface area (Å²) in [7, 11) is 0. The summed E-state index contributed by atoms with van der Waals surface area (Å²) in [4.78, 5) is 25.0. The molecular weight excluding hydrogens is 436 g/mol. The minimum absolute atomic E-state index is 0.154. The van der Waals surface area contributed by atoms with Crippen LogP contribution in [0.25, 0.3) is 0 Å². The Morgan fingerprint density at radius 2 is 1.89 bits per heavy atom. The summed E-state index contributed by atoms with van der Waals surface area (Å²) in [6.45, 7) is 1.90. The number of anilines is 2. The molecule has 0 spiro atoms. The Morgan fingerprint density at radius 3 is 2.68 bits per heavy atom. The number of hydrogen-bond acceptors (Lipinski definition) is 5. The largest absolute Gasteiger partial charge is 0.356 e. The molecule has 4 rings (SSSR count). The highest BCUT2D eigenvalue weighted by atomic mass is 79.9. The topological polar surface area (TPSA) is 58.1 Å². The quantitative estimate of drug-likeness (QED) is 0.577. The van der Waals surface area contributed by atoms with Crippen molar-refractivity contribution >= 4 is 44.1 Å². The molecule has 0 unspecified atom stereocenters. The van der Waals surface area contributed by atoms with E-state index in [0.717, 1.165) is 47.5 Å². The van der Waals surface area contributed by atoms with Crippen molar-refractivity contribution in [2.45, 2.75) is 25.7 Å². The molecule has 0 bridgehead atoms. The molecule has 3 heterocycles. The first-order valence-electron chi connectivity index (χ1n) is 9.39. The number of piperidine rings is 1. The number of hydrogen-bond donors (Lipinski definition) is 1. The van der Waals surface area contributed by atoms with E-state index in [1.807, 2.05) is 30.5 Å². The SMILES string of the molecule is O=C(Nc1ncc(Cc2ccc(Br)cc2)s1)c1cccnc1N1CCCCC1. The van der Waals surface area contributed by atoms with Crippen LogP contribution in [0, 0.1) is 0 Å². The van der Waals surface area contributed by atoms with Gasteiger partial charge in [0, 0.05) is 41.3 Å². The van der Waals surface area contributed by atoms with Crippen molar-refractivity contribution in [1.29, 1.82) is 0 Å². The second kappa shape index (κ2) is 8.84. The van der Waals surface area contributed by atoms with Gasteiger partial charge in [0.25, 0.3) is 5.91 Å². The molecule has 1 amide bonds. The van der Waals surface area contributed by atoms with Gasteiger partial charge in [0.1, 0.15) is 5.82 Å². The lowest BCUT2D eigenvalue weighted by atomic mass is 10.1. The third-order valence-corrected chi connectivity index (χ3v) is 6.19. The Bertz CT molecular complexity index is 951. The number of pyridine rings is 1. The first kappa shape index (κ1) is 19.1. The normalized spacial score (nSPS) is 14.1. The summed E-state index contributed by atoms with van der Waals surface area (Å²) in [6.07, 6.45) is 7.91. The van der Waals surface area contributed by atoms with Crippen LogP contribution in [0.5, 0.6) is 0 Å². The lowest BCUT2D eigenvalue weighted by Crippen LogP contribution is -2.32. The van der Waals surface area contributed by atoms with Crippen LogP contribution in [0.15, 0.2) is 53.3 Å². The zero-order chi connectivity index (χ0) is 19.3. The van der Waals surface area contributed by atoms with Gasteiger partial charge in [0.2, 0.25) is 0 Å².